The number of anilines is 1. The second-order valence-electron chi connectivity index (χ2n) is 4.92. The Hall–Kier alpha value is -2.08. The van der Waals surface area contributed by atoms with Crippen LogP contribution in [0.4, 0.5) is 5.69 Å². The van der Waals surface area contributed by atoms with E-state index in [0.717, 1.165) is 10.0 Å². The molecule has 2 aromatic rings. The molecule has 0 aliphatic rings. The van der Waals surface area contributed by atoms with Crippen molar-refractivity contribution in [3.05, 3.63) is 52.4 Å². The maximum absolute atomic E-state index is 12.0. The van der Waals surface area contributed by atoms with Crippen LogP contribution in [0, 0.1) is 6.92 Å². The molecule has 116 valence electrons. The van der Waals surface area contributed by atoms with Crippen molar-refractivity contribution in [1.82, 2.24) is 5.32 Å². The molecule has 0 spiro atoms. The van der Waals surface area contributed by atoms with Crippen molar-refractivity contribution in [2.24, 2.45) is 0 Å². The number of halogens is 1. The Kier molecular flexibility index (Phi) is 5.38. The summed E-state index contributed by atoms with van der Waals surface area (Å²) in [6.07, 6.45) is 1.55. The first-order chi connectivity index (χ1) is 10.5. The number of aryl methyl sites for hydroxylation is 1. The molecule has 1 aromatic carbocycles. The van der Waals surface area contributed by atoms with Gasteiger partial charge in [0.1, 0.15) is 12.3 Å². The first-order valence-electron chi connectivity index (χ1n) is 6.80. The zero-order valence-electron chi connectivity index (χ0n) is 12.4. The van der Waals surface area contributed by atoms with Crippen LogP contribution in [0.15, 0.2) is 45.5 Å². The van der Waals surface area contributed by atoms with E-state index in [1.807, 2.05) is 25.1 Å². The molecule has 0 saturated carbocycles. The molecule has 0 radical (unpaired) electrons. The number of amides is 2. The minimum atomic E-state index is -0.251. The van der Waals surface area contributed by atoms with Crippen molar-refractivity contribution in [3.8, 4) is 0 Å². The van der Waals surface area contributed by atoms with Gasteiger partial charge in [-0.05, 0) is 52.7 Å². The third-order valence-corrected chi connectivity index (χ3v) is 3.75. The van der Waals surface area contributed by atoms with Crippen LogP contribution >= 0.6 is 15.9 Å². The van der Waals surface area contributed by atoms with Crippen LogP contribution in [0.3, 0.4) is 0 Å². The Morgan fingerprint density at radius 2 is 2.09 bits per heavy atom. The summed E-state index contributed by atoms with van der Waals surface area (Å²) in [4.78, 5) is 25.3. The van der Waals surface area contributed by atoms with Gasteiger partial charge >= 0.3 is 0 Å². The highest BCUT2D eigenvalue weighted by Gasteiger charge is 2.18. The molecule has 0 aliphatic carbocycles. The average molecular weight is 365 g/mol. The number of hydrogen-bond acceptors (Lipinski definition) is 3. The van der Waals surface area contributed by atoms with E-state index in [4.69, 9.17) is 4.42 Å². The van der Waals surface area contributed by atoms with E-state index < -0.39 is 0 Å². The van der Waals surface area contributed by atoms with Crippen LogP contribution in [0.25, 0.3) is 0 Å². The maximum atomic E-state index is 12.0. The molecule has 5 nitrogen and oxygen atoms in total. The predicted octanol–water partition coefficient (Wildman–Crippen LogP) is 3.02. The number of hydrogen-bond donors (Lipinski definition) is 1. The second-order valence-corrected chi connectivity index (χ2v) is 5.77. The van der Waals surface area contributed by atoms with Gasteiger partial charge in [-0.2, -0.15) is 0 Å². The standard InChI is InChI=1S/C16H17BrN2O3/c1-11-5-6-15(14(17)8-11)19(12(2)20)10-16(21)18-9-13-4-3-7-22-13/h3-8H,9-10H2,1-2H3,(H,18,21). The van der Waals surface area contributed by atoms with Gasteiger partial charge in [-0.1, -0.05) is 6.07 Å². The number of rotatable bonds is 5. The summed E-state index contributed by atoms with van der Waals surface area (Å²) >= 11 is 3.44. The molecule has 2 rings (SSSR count). The van der Waals surface area contributed by atoms with Gasteiger partial charge in [0.15, 0.2) is 0 Å². The van der Waals surface area contributed by atoms with Gasteiger partial charge in [0.05, 0.1) is 18.5 Å². The first kappa shape index (κ1) is 16.3. The monoisotopic (exact) mass is 364 g/mol. The molecular weight excluding hydrogens is 348 g/mol. The van der Waals surface area contributed by atoms with Gasteiger partial charge in [-0.3, -0.25) is 9.59 Å². The van der Waals surface area contributed by atoms with E-state index in [-0.39, 0.29) is 18.4 Å². The van der Waals surface area contributed by atoms with E-state index in [9.17, 15) is 9.59 Å². The summed E-state index contributed by atoms with van der Waals surface area (Å²) in [5.74, 6) is 0.219. The maximum Gasteiger partial charge on any atom is 0.240 e. The number of carbonyl (C=O) groups is 2. The molecular formula is C16H17BrN2O3. The first-order valence-corrected chi connectivity index (χ1v) is 7.60. The van der Waals surface area contributed by atoms with Gasteiger partial charge in [0, 0.05) is 11.4 Å². The summed E-state index contributed by atoms with van der Waals surface area (Å²) in [5.41, 5.74) is 1.74. The molecule has 1 aromatic heterocycles. The van der Waals surface area contributed by atoms with E-state index >= 15 is 0 Å². The second kappa shape index (κ2) is 7.26. The summed E-state index contributed by atoms with van der Waals surface area (Å²) in [5, 5.41) is 2.73. The topological polar surface area (TPSA) is 62.6 Å². The van der Waals surface area contributed by atoms with E-state index in [1.165, 1.54) is 11.8 Å². The van der Waals surface area contributed by atoms with Gasteiger partial charge in [-0.25, -0.2) is 0 Å². The lowest BCUT2D eigenvalue weighted by molar-refractivity contribution is -0.123. The van der Waals surface area contributed by atoms with Gasteiger partial charge in [0.25, 0.3) is 0 Å². The number of nitrogens with one attached hydrogen (secondary N) is 1. The molecule has 22 heavy (non-hydrogen) atoms. The van der Waals surface area contributed by atoms with Crippen LogP contribution in [0.2, 0.25) is 0 Å². The Balaban J connectivity index is 2.05. The molecule has 0 atom stereocenters. The van der Waals surface area contributed by atoms with Crippen molar-refractivity contribution in [1.29, 1.82) is 0 Å². The molecule has 0 saturated heterocycles. The largest absolute Gasteiger partial charge is 0.467 e. The minimum absolute atomic E-state index is 0.0439. The zero-order valence-corrected chi connectivity index (χ0v) is 14.0. The Bertz CT molecular complexity index is 668. The molecule has 1 N–H and O–H groups in total. The van der Waals surface area contributed by atoms with Crippen molar-refractivity contribution < 1.29 is 14.0 Å². The number of carbonyl (C=O) groups excluding carboxylic acids is 2. The van der Waals surface area contributed by atoms with Crippen LogP contribution in [0.5, 0.6) is 0 Å². The molecule has 6 heteroatoms. The van der Waals surface area contributed by atoms with Crippen LogP contribution < -0.4 is 10.2 Å². The molecule has 2 amide bonds. The Labute approximate surface area is 137 Å². The van der Waals surface area contributed by atoms with Crippen LogP contribution in [0.1, 0.15) is 18.2 Å². The Morgan fingerprint density at radius 3 is 2.68 bits per heavy atom. The van der Waals surface area contributed by atoms with E-state index in [1.54, 1.807) is 18.4 Å². The van der Waals surface area contributed by atoms with Crippen molar-refractivity contribution >= 4 is 33.4 Å². The fraction of sp³-hybridized carbons (Fsp3) is 0.250. The van der Waals surface area contributed by atoms with Crippen molar-refractivity contribution in [2.75, 3.05) is 11.4 Å². The molecule has 1 heterocycles. The lowest BCUT2D eigenvalue weighted by Gasteiger charge is -2.22. The van der Waals surface area contributed by atoms with Gasteiger partial charge in [-0.15, -0.1) is 0 Å². The number of benzene rings is 1. The fourth-order valence-electron chi connectivity index (χ4n) is 2.00. The summed E-state index contributed by atoms with van der Waals surface area (Å²) in [7, 11) is 0. The quantitative estimate of drug-likeness (QED) is 0.886. The lowest BCUT2D eigenvalue weighted by atomic mass is 10.2. The minimum Gasteiger partial charge on any atom is -0.467 e. The lowest BCUT2D eigenvalue weighted by Crippen LogP contribution is -2.39. The smallest absolute Gasteiger partial charge is 0.240 e. The highest BCUT2D eigenvalue weighted by Crippen LogP contribution is 2.27. The zero-order chi connectivity index (χ0) is 16.1. The summed E-state index contributed by atoms with van der Waals surface area (Å²) in [6, 6.07) is 9.16. The SMILES string of the molecule is CC(=O)N(CC(=O)NCc1ccco1)c1ccc(C)cc1Br. The molecule has 0 fully saturated rings. The number of furan rings is 1. The van der Waals surface area contributed by atoms with E-state index in [0.29, 0.717) is 18.0 Å². The fourth-order valence-corrected chi connectivity index (χ4v) is 2.70. The third kappa shape index (κ3) is 4.21. The Morgan fingerprint density at radius 1 is 1.32 bits per heavy atom. The summed E-state index contributed by atoms with van der Waals surface area (Å²) in [6.45, 7) is 3.65. The molecule has 0 bridgehead atoms. The third-order valence-electron chi connectivity index (χ3n) is 3.12. The summed E-state index contributed by atoms with van der Waals surface area (Å²) < 4.78 is 5.93. The molecule has 0 aliphatic heterocycles. The predicted molar refractivity (Wildman–Crippen MR) is 87.5 cm³/mol. The molecule has 0 unspecified atom stereocenters. The average Bonchev–Trinajstić information content (AvgIpc) is 2.96. The normalized spacial score (nSPS) is 10.3. The van der Waals surface area contributed by atoms with Crippen LogP contribution in [-0.4, -0.2) is 18.4 Å². The highest BCUT2D eigenvalue weighted by molar-refractivity contribution is 9.10. The number of nitrogens with zero attached hydrogens (tertiary/aromatic N) is 1. The van der Waals surface area contributed by atoms with Crippen LogP contribution in [-0.2, 0) is 16.1 Å². The van der Waals surface area contributed by atoms with E-state index in [2.05, 4.69) is 21.2 Å². The van der Waals surface area contributed by atoms with Crippen molar-refractivity contribution in [3.63, 3.8) is 0 Å². The van der Waals surface area contributed by atoms with Gasteiger partial charge < -0.3 is 14.6 Å². The highest BCUT2D eigenvalue weighted by atomic mass is 79.9. The van der Waals surface area contributed by atoms with Gasteiger partial charge in [0.2, 0.25) is 11.8 Å². The van der Waals surface area contributed by atoms with Crippen molar-refractivity contribution in [2.45, 2.75) is 20.4 Å².